The van der Waals surface area contributed by atoms with Gasteiger partial charge in [-0.15, -0.1) is 0 Å². The molecule has 2 aromatic heterocycles. The van der Waals surface area contributed by atoms with Gasteiger partial charge >= 0.3 is 0 Å². The van der Waals surface area contributed by atoms with Crippen LogP contribution in [-0.2, 0) is 0 Å². The molecule has 0 fully saturated rings. The van der Waals surface area contributed by atoms with E-state index in [0.29, 0.717) is 16.7 Å². The van der Waals surface area contributed by atoms with Crippen LogP contribution >= 0.6 is 11.6 Å². The van der Waals surface area contributed by atoms with E-state index in [1.807, 2.05) is 30.3 Å². The third kappa shape index (κ3) is 2.06. The molecule has 0 aliphatic heterocycles. The summed E-state index contributed by atoms with van der Waals surface area (Å²) >= 11 is 6.00. The van der Waals surface area contributed by atoms with Crippen molar-refractivity contribution >= 4 is 34.0 Å². The van der Waals surface area contributed by atoms with Gasteiger partial charge in [0.05, 0.1) is 5.69 Å². The minimum atomic E-state index is 0.370. The molecule has 4 nitrogen and oxygen atoms in total. The monoisotopic (exact) mass is 270 g/mol. The number of rotatable bonds is 1. The second kappa shape index (κ2) is 4.40. The molecule has 0 spiro atoms. The van der Waals surface area contributed by atoms with Crippen molar-refractivity contribution in [3.8, 4) is 11.3 Å². The molecule has 4 N–H and O–H groups in total. The van der Waals surface area contributed by atoms with Crippen molar-refractivity contribution in [1.82, 2.24) is 9.97 Å². The van der Waals surface area contributed by atoms with Crippen LogP contribution < -0.4 is 11.5 Å². The molecule has 94 valence electrons. The van der Waals surface area contributed by atoms with E-state index in [1.165, 1.54) is 0 Å². The highest BCUT2D eigenvalue weighted by molar-refractivity contribution is 6.31. The van der Waals surface area contributed by atoms with Crippen molar-refractivity contribution in [2.24, 2.45) is 0 Å². The number of nitrogen functional groups attached to an aromatic ring is 2. The Labute approximate surface area is 115 Å². The fraction of sp³-hybridized carbons (Fsp3) is 0. The Morgan fingerprint density at radius 2 is 1.84 bits per heavy atom. The number of anilines is 2. The smallest absolute Gasteiger partial charge is 0.135 e. The molecule has 3 aromatic rings. The molecule has 0 atom stereocenters. The molecule has 0 radical (unpaired) electrons. The largest absolute Gasteiger partial charge is 0.384 e. The van der Waals surface area contributed by atoms with Crippen LogP contribution in [-0.4, -0.2) is 9.97 Å². The second-order valence-corrected chi connectivity index (χ2v) is 4.63. The van der Waals surface area contributed by atoms with E-state index in [4.69, 9.17) is 23.1 Å². The summed E-state index contributed by atoms with van der Waals surface area (Å²) in [5.74, 6) is 0.763. The highest BCUT2D eigenvalue weighted by atomic mass is 35.5. The Morgan fingerprint density at radius 3 is 2.63 bits per heavy atom. The topological polar surface area (TPSA) is 77.8 Å². The first kappa shape index (κ1) is 11.7. The minimum Gasteiger partial charge on any atom is -0.384 e. The molecule has 19 heavy (non-hydrogen) atoms. The van der Waals surface area contributed by atoms with E-state index in [0.717, 1.165) is 22.0 Å². The quantitative estimate of drug-likeness (QED) is 0.712. The third-order valence-corrected chi connectivity index (χ3v) is 3.16. The van der Waals surface area contributed by atoms with E-state index >= 15 is 0 Å². The zero-order valence-electron chi connectivity index (χ0n) is 9.97. The van der Waals surface area contributed by atoms with Crippen molar-refractivity contribution in [3.63, 3.8) is 0 Å². The maximum absolute atomic E-state index is 6.00. The molecule has 0 aliphatic carbocycles. The molecular weight excluding hydrogens is 260 g/mol. The van der Waals surface area contributed by atoms with Crippen molar-refractivity contribution in [3.05, 3.63) is 47.6 Å². The minimum absolute atomic E-state index is 0.370. The Kier molecular flexibility index (Phi) is 2.72. The molecule has 3 rings (SSSR count). The molecule has 1 aromatic carbocycles. The lowest BCUT2D eigenvalue weighted by atomic mass is 10.0. The van der Waals surface area contributed by atoms with Crippen LogP contribution in [0.5, 0.6) is 0 Å². The standard InChI is InChI=1S/C14H11ClN4/c15-9-1-2-10-8(7-9)5-6-18-13(10)11-3-4-12(16)19-14(11)17/h1-7H,(H4,16,17,19). The number of fused-ring (bicyclic) bond motifs is 1. The number of nitrogens with two attached hydrogens (primary N) is 2. The number of aromatic nitrogens is 2. The molecule has 0 saturated carbocycles. The normalized spacial score (nSPS) is 10.8. The molecule has 5 heteroatoms. The first-order valence-corrected chi connectivity index (χ1v) is 6.09. The molecule has 2 heterocycles. The van der Waals surface area contributed by atoms with Gasteiger partial charge in [0.25, 0.3) is 0 Å². The van der Waals surface area contributed by atoms with Gasteiger partial charge in [-0.25, -0.2) is 4.98 Å². The number of nitrogens with zero attached hydrogens (tertiary/aromatic N) is 2. The van der Waals surface area contributed by atoms with E-state index in [-0.39, 0.29) is 0 Å². The molecule has 0 unspecified atom stereocenters. The summed E-state index contributed by atoms with van der Waals surface area (Å²) in [6, 6.07) is 11.1. The van der Waals surface area contributed by atoms with Crippen LogP contribution in [0.25, 0.3) is 22.0 Å². The van der Waals surface area contributed by atoms with Gasteiger partial charge in [0, 0.05) is 22.2 Å². The molecule has 0 bridgehead atoms. The van der Waals surface area contributed by atoms with Crippen molar-refractivity contribution in [1.29, 1.82) is 0 Å². The molecule has 0 aliphatic rings. The van der Waals surface area contributed by atoms with E-state index < -0.39 is 0 Å². The zero-order valence-corrected chi connectivity index (χ0v) is 10.7. The summed E-state index contributed by atoms with van der Waals surface area (Å²) in [6.45, 7) is 0. The lowest BCUT2D eigenvalue weighted by molar-refractivity contribution is 1.30. The number of halogens is 1. The lowest BCUT2D eigenvalue weighted by Crippen LogP contribution is -1.99. The average Bonchev–Trinajstić information content (AvgIpc) is 2.38. The van der Waals surface area contributed by atoms with Crippen LogP contribution in [0.1, 0.15) is 0 Å². The van der Waals surface area contributed by atoms with Gasteiger partial charge < -0.3 is 11.5 Å². The summed E-state index contributed by atoms with van der Waals surface area (Å²) in [7, 11) is 0. The van der Waals surface area contributed by atoms with Gasteiger partial charge in [0.1, 0.15) is 11.6 Å². The highest BCUT2D eigenvalue weighted by Gasteiger charge is 2.10. The maximum Gasteiger partial charge on any atom is 0.135 e. The molecule has 0 saturated heterocycles. The van der Waals surface area contributed by atoms with Crippen LogP contribution in [0, 0.1) is 0 Å². The van der Waals surface area contributed by atoms with Crippen LogP contribution in [0.2, 0.25) is 5.02 Å². The summed E-state index contributed by atoms with van der Waals surface area (Å²) in [6.07, 6.45) is 1.73. The number of benzene rings is 1. The van der Waals surface area contributed by atoms with Crippen molar-refractivity contribution in [2.75, 3.05) is 11.5 Å². The molecule has 0 amide bonds. The van der Waals surface area contributed by atoms with E-state index in [9.17, 15) is 0 Å². The fourth-order valence-electron chi connectivity index (χ4n) is 2.05. The summed E-state index contributed by atoms with van der Waals surface area (Å²) < 4.78 is 0. The fourth-order valence-corrected chi connectivity index (χ4v) is 2.23. The number of hydrogen-bond acceptors (Lipinski definition) is 4. The van der Waals surface area contributed by atoms with Gasteiger partial charge in [-0.1, -0.05) is 17.7 Å². The van der Waals surface area contributed by atoms with Gasteiger partial charge in [0.15, 0.2) is 0 Å². The Morgan fingerprint density at radius 1 is 1.00 bits per heavy atom. The lowest BCUT2D eigenvalue weighted by Gasteiger charge is -2.08. The van der Waals surface area contributed by atoms with Gasteiger partial charge in [0.2, 0.25) is 0 Å². The summed E-state index contributed by atoms with van der Waals surface area (Å²) in [5, 5.41) is 2.67. The maximum atomic E-state index is 6.00. The Bertz CT molecular complexity index is 770. The highest BCUT2D eigenvalue weighted by Crippen LogP contribution is 2.31. The number of pyridine rings is 2. The predicted octanol–water partition coefficient (Wildman–Crippen LogP) is 3.11. The van der Waals surface area contributed by atoms with E-state index in [2.05, 4.69) is 9.97 Å². The Hall–Kier alpha value is -2.33. The predicted molar refractivity (Wildman–Crippen MR) is 78.8 cm³/mol. The van der Waals surface area contributed by atoms with Crippen LogP contribution in [0.3, 0.4) is 0 Å². The van der Waals surface area contributed by atoms with Crippen molar-refractivity contribution < 1.29 is 0 Å². The van der Waals surface area contributed by atoms with Crippen LogP contribution in [0.15, 0.2) is 42.6 Å². The zero-order chi connectivity index (χ0) is 13.4. The third-order valence-electron chi connectivity index (χ3n) is 2.93. The van der Waals surface area contributed by atoms with E-state index in [1.54, 1.807) is 12.3 Å². The number of hydrogen-bond donors (Lipinski definition) is 2. The average molecular weight is 271 g/mol. The Balaban J connectivity index is 2.30. The first-order valence-electron chi connectivity index (χ1n) is 5.72. The second-order valence-electron chi connectivity index (χ2n) is 4.19. The van der Waals surface area contributed by atoms with Gasteiger partial charge in [-0.05, 0) is 35.7 Å². The van der Waals surface area contributed by atoms with Crippen LogP contribution in [0.4, 0.5) is 11.6 Å². The first-order chi connectivity index (χ1) is 9.15. The van der Waals surface area contributed by atoms with Gasteiger partial charge in [-0.3, -0.25) is 4.98 Å². The van der Waals surface area contributed by atoms with Gasteiger partial charge in [-0.2, -0.15) is 0 Å². The van der Waals surface area contributed by atoms with Crippen molar-refractivity contribution in [2.45, 2.75) is 0 Å². The SMILES string of the molecule is Nc1ccc(-c2nccc3cc(Cl)ccc23)c(N)n1. The summed E-state index contributed by atoms with van der Waals surface area (Å²) in [4.78, 5) is 8.46. The summed E-state index contributed by atoms with van der Waals surface area (Å²) in [5.41, 5.74) is 13.1. The molecular formula is C14H11ClN4.